The van der Waals surface area contributed by atoms with E-state index < -0.39 is 0 Å². The van der Waals surface area contributed by atoms with Gasteiger partial charge in [0.2, 0.25) is 0 Å². The Labute approximate surface area is 114 Å². The smallest absolute Gasteiger partial charge is 0.131 e. The topological polar surface area (TPSA) is 54.0 Å². The van der Waals surface area contributed by atoms with Crippen LogP contribution in [0.1, 0.15) is 18.5 Å². The van der Waals surface area contributed by atoms with Crippen LogP contribution in [0.3, 0.4) is 0 Å². The van der Waals surface area contributed by atoms with Gasteiger partial charge in [-0.25, -0.2) is 0 Å². The highest BCUT2D eigenvalue weighted by Crippen LogP contribution is 2.39. The predicted molar refractivity (Wildman–Crippen MR) is 74.1 cm³/mol. The molecule has 2 rings (SSSR count). The van der Waals surface area contributed by atoms with Gasteiger partial charge in [-0.3, -0.25) is 4.90 Å². The van der Waals surface area contributed by atoms with E-state index in [1.54, 1.807) is 26.4 Å². The standard InChI is InChI=1S/C14H22N2O3/c1-10(16-6-4-15-5-7-16)14-12(18-2)8-11(17)9-13(14)19-3/h8-10,15,17H,4-7H2,1-3H3/t10-/m1/s1. The Morgan fingerprint density at radius 3 is 2.16 bits per heavy atom. The van der Waals surface area contributed by atoms with Gasteiger partial charge in [-0.1, -0.05) is 0 Å². The predicted octanol–water partition coefficient (Wildman–Crippen LogP) is 1.38. The summed E-state index contributed by atoms with van der Waals surface area (Å²) in [6.07, 6.45) is 0. The Morgan fingerprint density at radius 2 is 1.68 bits per heavy atom. The zero-order chi connectivity index (χ0) is 13.8. The number of methoxy groups -OCH3 is 2. The van der Waals surface area contributed by atoms with E-state index in [-0.39, 0.29) is 11.8 Å². The largest absolute Gasteiger partial charge is 0.508 e. The van der Waals surface area contributed by atoms with Gasteiger partial charge in [-0.05, 0) is 6.92 Å². The van der Waals surface area contributed by atoms with Crippen molar-refractivity contribution in [1.29, 1.82) is 0 Å². The lowest BCUT2D eigenvalue weighted by atomic mass is 10.0. The van der Waals surface area contributed by atoms with Crippen molar-refractivity contribution < 1.29 is 14.6 Å². The maximum absolute atomic E-state index is 9.69. The minimum Gasteiger partial charge on any atom is -0.508 e. The third-order valence-corrected chi connectivity index (χ3v) is 3.65. The van der Waals surface area contributed by atoms with Crippen molar-refractivity contribution in [3.63, 3.8) is 0 Å². The number of phenols is 1. The van der Waals surface area contributed by atoms with Crippen molar-refractivity contribution in [2.75, 3.05) is 40.4 Å². The van der Waals surface area contributed by atoms with Crippen LogP contribution in [-0.4, -0.2) is 50.4 Å². The first kappa shape index (κ1) is 14.0. The Bertz CT molecular complexity index is 406. The van der Waals surface area contributed by atoms with Gasteiger partial charge in [-0.15, -0.1) is 0 Å². The van der Waals surface area contributed by atoms with Crippen LogP contribution in [0.2, 0.25) is 0 Å². The molecule has 0 bridgehead atoms. The quantitative estimate of drug-likeness (QED) is 0.862. The number of hydrogen-bond acceptors (Lipinski definition) is 5. The highest BCUT2D eigenvalue weighted by molar-refractivity contribution is 5.51. The summed E-state index contributed by atoms with van der Waals surface area (Å²) < 4.78 is 10.8. The van der Waals surface area contributed by atoms with E-state index in [1.165, 1.54) is 0 Å². The number of aromatic hydroxyl groups is 1. The molecule has 1 aliphatic rings. The molecule has 106 valence electrons. The maximum atomic E-state index is 9.69. The summed E-state index contributed by atoms with van der Waals surface area (Å²) in [4.78, 5) is 2.38. The number of benzene rings is 1. The molecule has 0 saturated carbocycles. The summed E-state index contributed by atoms with van der Waals surface area (Å²) in [6, 6.07) is 3.46. The van der Waals surface area contributed by atoms with Gasteiger partial charge >= 0.3 is 0 Å². The Kier molecular flexibility index (Phi) is 4.50. The monoisotopic (exact) mass is 266 g/mol. The normalized spacial score (nSPS) is 18.1. The van der Waals surface area contributed by atoms with Gasteiger partial charge in [0, 0.05) is 44.4 Å². The van der Waals surface area contributed by atoms with Crippen LogP contribution in [-0.2, 0) is 0 Å². The first-order chi connectivity index (χ1) is 9.17. The number of hydrogen-bond donors (Lipinski definition) is 2. The molecule has 2 N–H and O–H groups in total. The fraction of sp³-hybridized carbons (Fsp3) is 0.571. The maximum Gasteiger partial charge on any atom is 0.131 e. The lowest BCUT2D eigenvalue weighted by Gasteiger charge is -2.34. The molecule has 0 spiro atoms. The zero-order valence-electron chi connectivity index (χ0n) is 11.8. The molecule has 0 aromatic heterocycles. The Hall–Kier alpha value is -1.46. The molecule has 5 heteroatoms. The van der Waals surface area contributed by atoms with Gasteiger partial charge in [0.05, 0.1) is 19.8 Å². The van der Waals surface area contributed by atoms with Gasteiger partial charge in [0.15, 0.2) is 0 Å². The minimum atomic E-state index is 0.157. The van der Waals surface area contributed by atoms with E-state index in [1.807, 2.05) is 0 Å². The molecule has 1 saturated heterocycles. The molecular weight excluding hydrogens is 244 g/mol. The highest BCUT2D eigenvalue weighted by atomic mass is 16.5. The number of rotatable bonds is 4. The van der Waals surface area contributed by atoms with Crippen molar-refractivity contribution in [2.45, 2.75) is 13.0 Å². The van der Waals surface area contributed by atoms with E-state index >= 15 is 0 Å². The minimum absolute atomic E-state index is 0.157. The van der Waals surface area contributed by atoms with E-state index in [4.69, 9.17) is 9.47 Å². The van der Waals surface area contributed by atoms with Crippen LogP contribution in [0, 0.1) is 0 Å². The fourth-order valence-corrected chi connectivity index (χ4v) is 2.59. The first-order valence-corrected chi connectivity index (χ1v) is 6.57. The number of ether oxygens (including phenoxy) is 2. The van der Waals surface area contributed by atoms with E-state index in [0.717, 1.165) is 31.7 Å². The van der Waals surface area contributed by atoms with Crippen LogP contribution < -0.4 is 14.8 Å². The Morgan fingerprint density at radius 1 is 1.16 bits per heavy atom. The summed E-state index contributed by atoms with van der Waals surface area (Å²) in [6.45, 7) is 6.12. The summed E-state index contributed by atoms with van der Waals surface area (Å²) in [5, 5.41) is 13.0. The molecule has 0 aliphatic carbocycles. The van der Waals surface area contributed by atoms with Crippen LogP contribution in [0.25, 0.3) is 0 Å². The highest BCUT2D eigenvalue weighted by Gasteiger charge is 2.24. The summed E-state index contributed by atoms with van der Waals surface area (Å²) in [5.41, 5.74) is 0.990. The second kappa shape index (κ2) is 6.12. The van der Waals surface area contributed by atoms with E-state index in [9.17, 15) is 5.11 Å². The molecule has 1 fully saturated rings. The second-order valence-electron chi connectivity index (χ2n) is 4.73. The molecule has 19 heavy (non-hydrogen) atoms. The first-order valence-electron chi connectivity index (χ1n) is 6.57. The SMILES string of the molecule is COc1cc(O)cc(OC)c1[C@@H](C)N1CCNCC1. The number of phenolic OH excluding ortho intramolecular Hbond substituents is 1. The molecule has 1 aromatic carbocycles. The molecule has 1 heterocycles. The van der Waals surface area contributed by atoms with Crippen LogP contribution in [0.4, 0.5) is 0 Å². The molecule has 0 unspecified atom stereocenters. The third kappa shape index (κ3) is 2.93. The van der Waals surface area contributed by atoms with Crippen molar-refractivity contribution in [2.24, 2.45) is 0 Å². The van der Waals surface area contributed by atoms with Crippen molar-refractivity contribution in [3.05, 3.63) is 17.7 Å². The van der Waals surface area contributed by atoms with Crippen LogP contribution in [0.15, 0.2) is 12.1 Å². The second-order valence-corrected chi connectivity index (χ2v) is 4.73. The van der Waals surface area contributed by atoms with Crippen molar-refractivity contribution in [3.8, 4) is 17.2 Å². The average molecular weight is 266 g/mol. The van der Waals surface area contributed by atoms with Crippen LogP contribution >= 0.6 is 0 Å². The fourth-order valence-electron chi connectivity index (χ4n) is 2.59. The zero-order valence-corrected chi connectivity index (χ0v) is 11.8. The molecule has 1 aromatic rings. The number of nitrogens with zero attached hydrogens (tertiary/aromatic N) is 1. The van der Waals surface area contributed by atoms with Gasteiger partial charge in [0.25, 0.3) is 0 Å². The van der Waals surface area contributed by atoms with Gasteiger partial charge < -0.3 is 19.9 Å². The Balaban J connectivity index is 2.35. The van der Waals surface area contributed by atoms with Gasteiger partial charge in [0.1, 0.15) is 17.2 Å². The number of piperazine rings is 1. The van der Waals surface area contributed by atoms with E-state index in [2.05, 4.69) is 17.1 Å². The summed E-state index contributed by atoms with van der Waals surface area (Å²) in [5.74, 6) is 1.50. The van der Waals surface area contributed by atoms with E-state index in [0.29, 0.717) is 11.5 Å². The third-order valence-electron chi connectivity index (χ3n) is 3.65. The molecule has 1 atom stereocenters. The number of nitrogens with one attached hydrogen (secondary N) is 1. The summed E-state index contributed by atoms with van der Waals surface area (Å²) >= 11 is 0. The average Bonchev–Trinajstić information content (AvgIpc) is 2.46. The van der Waals surface area contributed by atoms with Crippen molar-refractivity contribution >= 4 is 0 Å². The summed E-state index contributed by atoms with van der Waals surface area (Å²) in [7, 11) is 3.23. The molecule has 0 amide bonds. The lowest BCUT2D eigenvalue weighted by Crippen LogP contribution is -2.44. The molecular formula is C14H22N2O3. The molecule has 1 aliphatic heterocycles. The van der Waals surface area contributed by atoms with Gasteiger partial charge in [-0.2, -0.15) is 0 Å². The van der Waals surface area contributed by atoms with Crippen molar-refractivity contribution in [1.82, 2.24) is 10.2 Å². The molecule has 5 nitrogen and oxygen atoms in total. The van der Waals surface area contributed by atoms with Crippen LogP contribution in [0.5, 0.6) is 17.2 Å². The molecule has 0 radical (unpaired) electrons. The lowest BCUT2D eigenvalue weighted by molar-refractivity contribution is 0.179.